The van der Waals surface area contributed by atoms with E-state index in [0.29, 0.717) is 20.3 Å². The zero-order valence-corrected chi connectivity index (χ0v) is 13.5. The van der Waals surface area contributed by atoms with E-state index < -0.39 is 10.9 Å². The van der Waals surface area contributed by atoms with Crippen molar-refractivity contribution in [3.05, 3.63) is 61.0 Å². The van der Waals surface area contributed by atoms with Crippen LogP contribution in [0.4, 0.5) is 17.1 Å². The minimum Gasteiger partial charge on any atom is -0.478 e. The summed E-state index contributed by atoms with van der Waals surface area (Å²) >= 11 is 6.41. The molecule has 0 aliphatic rings. The lowest BCUT2D eigenvalue weighted by Crippen LogP contribution is -2.00. The minimum absolute atomic E-state index is 0.0329. The van der Waals surface area contributed by atoms with Gasteiger partial charge in [0.15, 0.2) is 0 Å². The molecule has 0 saturated carbocycles. The molecule has 8 heteroatoms. The smallest absolute Gasteiger partial charge is 0.336 e. The molecule has 21 heavy (non-hydrogen) atoms. The van der Waals surface area contributed by atoms with E-state index in [-0.39, 0.29) is 11.3 Å². The number of nitrogens with one attached hydrogen (secondary N) is 1. The van der Waals surface area contributed by atoms with Crippen LogP contribution < -0.4 is 5.32 Å². The fourth-order valence-electron chi connectivity index (χ4n) is 1.64. The van der Waals surface area contributed by atoms with Gasteiger partial charge in [-0.05, 0) is 56.1 Å². The number of carboxylic acid groups (broad SMARTS) is 1. The van der Waals surface area contributed by atoms with E-state index in [2.05, 4.69) is 37.2 Å². The average molecular weight is 416 g/mol. The zero-order chi connectivity index (χ0) is 15.6. The van der Waals surface area contributed by atoms with Crippen molar-refractivity contribution in [2.45, 2.75) is 0 Å². The summed E-state index contributed by atoms with van der Waals surface area (Å²) in [5.74, 6) is -1.05. The van der Waals surface area contributed by atoms with Crippen molar-refractivity contribution >= 4 is 54.9 Å². The number of halogens is 2. The molecule has 2 N–H and O–H groups in total. The zero-order valence-electron chi connectivity index (χ0n) is 10.3. The van der Waals surface area contributed by atoms with Gasteiger partial charge in [0.05, 0.1) is 16.2 Å². The van der Waals surface area contributed by atoms with Gasteiger partial charge in [-0.15, -0.1) is 0 Å². The van der Waals surface area contributed by atoms with Crippen molar-refractivity contribution in [2.75, 3.05) is 5.32 Å². The van der Waals surface area contributed by atoms with Crippen LogP contribution in [0.25, 0.3) is 0 Å². The number of nitro groups is 1. The Kier molecular flexibility index (Phi) is 4.59. The largest absolute Gasteiger partial charge is 0.478 e. The predicted octanol–water partition coefficient (Wildman–Crippen LogP) is 4.56. The summed E-state index contributed by atoms with van der Waals surface area (Å²) in [6.45, 7) is 0. The second-order valence-corrected chi connectivity index (χ2v) is 5.75. The van der Waals surface area contributed by atoms with Gasteiger partial charge >= 0.3 is 5.97 Å². The Balaban J connectivity index is 2.32. The van der Waals surface area contributed by atoms with Gasteiger partial charge in [0.1, 0.15) is 0 Å². The molecule has 0 aliphatic carbocycles. The average Bonchev–Trinajstić information content (AvgIpc) is 2.42. The molecule has 2 rings (SSSR count). The van der Waals surface area contributed by atoms with Crippen LogP contribution in [0.5, 0.6) is 0 Å². The Morgan fingerprint density at radius 1 is 1.14 bits per heavy atom. The van der Waals surface area contributed by atoms with E-state index in [1.54, 1.807) is 18.2 Å². The van der Waals surface area contributed by atoms with Gasteiger partial charge in [0.25, 0.3) is 5.69 Å². The number of aromatic carboxylic acids is 1. The second kappa shape index (κ2) is 6.23. The third kappa shape index (κ3) is 3.59. The lowest BCUT2D eigenvalue weighted by Gasteiger charge is -2.10. The summed E-state index contributed by atoms with van der Waals surface area (Å²) in [4.78, 5) is 21.3. The number of nitrogens with zero attached hydrogens (tertiary/aromatic N) is 1. The Hall–Kier alpha value is -1.93. The SMILES string of the molecule is O=C(O)c1cc(Nc2ccc([N+](=O)[O-])cc2Br)ccc1Br. The van der Waals surface area contributed by atoms with E-state index in [0.717, 1.165) is 0 Å². The summed E-state index contributed by atoms with van der Waals surface area (Å²) in [6, 6.07) is 9.07. The third-order valence-corrected chi connectivity index (χ3v) is 3.99. The molecule has 0 fully saturated rings. The number of hydrogen-bond donors (Lipinski definition) is 2. The highest BCUT2D eigenvalue weighted by Gasteiger charge is 2.12. The summed E-state index contributed by atoms with van der Waals surface area (Å²) in [5.41, 5.74) is 1.25. The van der Waals surface area contributed by atoms with Crippen molar-refractivity contribution in [2.24, 2.45) is 0 Å². The van der Waals surface area contributed by atoms with Gasteiger partial charge in [0, 0.05) is 26.8 Å². The van der Waals surface area contributed by atoms with E-state index in [1.807, 2.05) is 0 Å². The van der Waals surface area contributed by atoms with Gasteiger partial charge in [-0.3, -0.25) is 10.1 Å². The van der Waals surface area contributed by atoms with Crippen LogP contribution in [-0.2, 0) is 0 Å². The van der Waals surface area contributed by atoms with Crippen LogP contribution in [0.1, 0.15) is 10.4 Å². The van der Waals surface area contributed by atoms with Gasteiger partial charge in [-0.1, -0.05) is 0 Å². The fourth-order valence-corrected chi connectivity index (χ4v) is 2.52. The molecule has 0 spiro atoms. The maximum atomic E-state index is 11.1. The number of carboxylic acids is 1. The lowest BCUT2D eigenvalue weighted by atomic mass is 10.2. The van der Waals surface area contributed by atoms with E-state index in [9.17, 15) is 14.9 Å². The van der Waals surface area contributed by atoms with Crippen molar-refractivity contribution < 1.29 is 14.8 Å². The Bertz CT molecular complexity index is 734. The van der Waals surface area contributed by atoms with Gasteiger partial charge in [0.2, 0.25) is 0 Å². The second-order valence-electron chi connectivity index (χ2n) is 4.05. The molecule has 0 atom stereocenters. The number of non-ortho nitro benzene ring substituents is 1. The maximum Gasteiger partial charge on any atom is 0.336 e. The van der Waals surface area contributed by atoms with Crippen LogP contribution in [0, 0.1) is 10.1 Å². The number of nitro benzene ring substituents is 1. The van der Waals surface area contributed by atoms with Gasteiger partial charge < -0.3 is 10.4 Å². The first-order valence-corrected chi connectivity index (χ1v) is 7.21. The normalized spacial score (nSPS) is 10.2. The maximum absolute atomic E-state index is 11.1. The summed E-state index contributed by atoms with van der Waals surface area (Å²) in [6.07, 6.45) is 0. The summed E-state index contributed by atoms with van der Waals surface area (Å²) in [5, 5.41) is 22.7. The topological polar surface area (TPSA) is 92.5 Å². The number of anilines is 2. The Labute approximate surface area is 136 Å². The molecule has 0 bridgehead atoms. The van der Waals surface area contributed by atoms with Gasteiger partial charge in [-0.25, -0.2) is 4.79 Å². The molecule has 0 unspecified atom stereocenters. The lowest BCUT2D eigenvalue weighted by molar-refractivity contribution is -0.384. The molecule has 0 radical (unpaired) electrons. The van der Waals surface area contributed by atoms with Gasteiger partial charge in [-0.2, -0.15) is 0 Å². The highest BCUT2D eigenvalue weighted by atomic mass is 79.9. The van der Waals surface area contributed by atoms with Crippen LogP contribution in [0.3, 0.4) is 0 Å². The monoisotopic (exact) mass is 414 g/mol. The van der Waals surface area contributed by atoms with Crippen molar-refractivity contribution in [3.8, 4) is 0 Å². The number of benzene rings is 2. The van der Waals surface area contributed by atoms with E-state index >= 15 is 0 Å². The fraction of sp³-hybridized carbons (Fsp3) is 0. The Morgan fingerprint density at radius 2 is 1.86 bits per heavy atom. The first-order valence-electron chi connectivity index (χ1n) is 5.62. The van der Waals surface area contributed by atoms with Crippen LogP contribution in [-0.4, -0.2) is 16.0 Å². The molecule has 2 aromatic carbocycles. The highest BCUT2D eigenvalue weighted by molar-refractivity contribution is 9.11. The third-order valence-electron chi connectivity index (χ3n) is 2.64. The summed E-state index contributed by atoms with van der Waals surface area (Å²) in [7, 11) is 0. The van der Waals surface area contributed by atoms with Crippen LogP contribution in [0.2, 0.25) is 0 Å². The van der Waals surface area contributed by atoms with Crippen LogP contribution >= 0.6 is 31.9 Å². The predicted molar refractivity (Wildman–Crippen MR) is 85.2 cm³/mol. The first-order chi connectivity index (χ1) is 9.88. The highest BCUT2D eigenvalue weighted by Crippen LogP contribution is 2.30. The molecular formula is C13H8Br2N2O4. The quantitative estimate of drug-likeness (QED) is 0.563. The molecule has 108 valence electrons. The molecule has 0 amide bonds. The van der Waals surface area contributed by atoms with E-state index in [4.69, 9.17) is 5.11 Å². The molecule has 0 aromatic heterocycles. The number of carbonyl (C=O) groups is 1. The minimum atomic E-state index is -1.05. The molecule has 6 nitrogen and oxygen atoms in total. The molecule has 0 saturated heterocycles. The van der Waals surface area contributed by atoms with Crippen LogP contribution in [0.15, 0.2) is 45.3 Å². The number of rotatable bonds is 4. The van der Waals surface area contributed by atoms with Crippen molar-refractivity contribution in [1.29, 1.82) is 0 Å². The number of hydrogen-bond acceptors (Lipinski definition) is 4. The standard InChI is InChI=1S/C13H8Br2N2O4/c14-10-3-1-7(5-9(10)13(18)19)16-12-4-2-8(17(20)21)6-11(12)15/h1-6,16H,(H,18,19). The Morgan fingerprint density at radius 3 is 2.43 bits per heavy atom. The molecule has 0 heterocycles. The van der Waals surface area contributed by atoms with E-state index in [1.165, 1.54) is 18.2 Å². The molecule has 0 aliphatic heterocycles. The molecule has 2 aromatic rings. The first kappa shape index (κ1) is 15.5. The summed E-state index contributed by atoms with van der Waals surface area (Å²) < 4.78 is 0.986. The van der Waals surface area contributed by atoms with Crippen molar-refractivity contribution in [3.63, 3.8) is 0 Å². The molecular weight excluding hydrogens is 408 g/mol. The van der Waals surface area contributed by atoms with Crippen molar-refractivity contribution in [1.82, 2.24) is 0 Å².